The third-order valence-electron chi connectivity index (χ3n) is 3.71. The van der Waals surface area contributed by atoms with Crippen LogP contribution >= 0.6 is 0 Å². The molecule has 124 valence electrons. The van der Waals surface area contributed by atoms with Crippen LogP contribution in [0.1, 0.15) is 20.8 Å². The lowest BCUT2D eigenvalue weighted by Gasteiger charge is -2.35. The zero-order valence-corrected chi connectivity index (χ0v) is 13.9. The summed E-state index contributed by atoms with van der Waals surface area (Å²) in [5.41, 5.74) is 0. The van der Waals surface area contributed by atoms with E-state index in [1.54, 1.807) is 0 Å². The van der Waals surface area contributed by atoms with E-state index in [2.05, 4.69) is 9.62 Å². The van der Waals surface area contributed by atoms with Crippen LogP contribution < -0.4 is 4.72 Å². The molecule has 1 N–H and O–H groups in total. The fraction of sp³-hybridized carbons (Fsp3) is 1.00. The molecule has 2 saturated heterocycles. The summed E-state index contributed by atoms with van der Waals surface area (Å²) in [4.78, 5) is 2.22. The molecule has 2 aliphatic heterocycles. The summed E-state index contributed by atoms with van der Waals surface area (Å²) < 4.78 is 40.0. The molecule has 0 bridgehead atoms. The number of hydrogen-bond donors (Lipinski definition) is 1. The molecule has 0 aromatic heterocycles. The van der Waals surface area contributed by atoms with Gasteiger partial charge in [0.15, 0.2) is 0 Å². The van der Waals surface area contributed by atoms with Crippen molar-refractivity contribution in [2.75, 3.05) is 45.9 Å². The lowest BCUT2D eigenvalue weighted by molar-refractivity contribution is -0.0445. The molecule has 0 aliphatic carbocycles. The zero-order valence-electron chi connectivity index (χ0n) is 13.1. The summed E-state index contributed by atoms with van der Waals surface area (Å²) in [5.74, 6) is 0. The van der Waals surface area contributed by atoms with Gasteiger partial charge in [0.2, 0.25) is 0 Å². The summed E-state index contributed by atoms with van der Waals surface area (Å²) in [5, 5.41) is 0. The Morgan fingerprint density at radius 3 is 2.33 bits per heavy atom. The van der Waals surface area contributed by atoms with Crippen molar-refractivity contribution < 1.29 is 17.9 Å². The van der Waals surface area contributed by atoms with E-state index in [9.17, 15) is 8.42 Å². The van der Waals surface area contributed by atoms with Crippen LogP contribution in [0.2, 0.25) is 0 Å². The van der Waals surface area contributed by atoms with Crippen LogP contribution in [-0.2, 0) is 19.7 Å². The number of hydrogen-bond acceptors (Lipinski definition) is 5. The van der Waals surface area contributed by atoms with E-state index in [0.717, 1.165) is 26.3 Å². The van der Waals surface area contributed by atoms with Crippen LogP contribution in [0.3, 0.4) is 0 Å². The summed E-state index contributed by atoms with van der Waals surface area (Å²) >= 11 is 0. The quantitative estimate of drug-likeness (QED) is 0.749. The Labute approximate surface area is 127 Å². The molecule has 21 heavy (non-hydrogen) atoms. The molecule has 0 radical (unpaired) electrons. The third-order valence-corrected chi connectivity index (χ3v) is 5.39. The van der Waals surface area contributed by atoms with Gasteiger partial charge in [0, 0.05) is 38.8 Å². The predicted octanol–water partition coefficient (Wildman–Crippen LogP) is -0.349. The number of nitrogens with zero attached hydrogens (tertiary/aromatic N) is 2. The average molecular weight is 321 g/mol. The van der Waals surface area contributed by atoms with Gasteiger partial charge in [0.05, 0.1) is 25.4 Å². The highest BCUT2D eigenvalue weighted by Crippen LogP contribution is 2.14. The maximum Gasteiger partial charge on any atom is 0.279 e. The van der Waals surface area contributed by atoms with Crippen molar-refractivity contribution in [2.24, 2.45) is 0 Å². The maximum atomic E-state index is 12.4. The summed E-state index contributed by atoms with van der Waals surface area (Å²) in [7, 11) is -3.45. The van der Waals surface area contributed by atoms with Gasteiger partial charge < -0.3 is 9.47 Å². The highest BCUT2D eigenvalue weighted by molar-refractivity contribution is 7.87. The average Bonchev–Trinajstić information content (AvgIpc) is 2.37. The lowest BCUT2D eigenvalue weighted by Crippen LogP contribution is -2.55. The van der Waals surface area contributed by atoms with Gasteiger partial charge in [0.1, 0.15) is 0 Å². The van der Waals surface area contributed by atoms with Gasteiger partial charge in [-0.1, -0.05) is 0 Å². The number of nitrogens with one attached hydrogen (secondary N) is 1. The molecule has 0 saturated carbocycles. The van der Waals surface area contributed by atoms with E-state index in [4.69, 9.17) is 9.47 Å². The minimum atomic E-state index is -3.45. The third kappa shape index (κ3) is 5.15. The SMILES string of the molecule is C[C@H](CN1CCOCC1)NS(=O)(=O)N1C[C@H](C)O[C@@H](C)C1. The lowest BCUT2D eigenvalue weighted by atomic mass is 10.3. The maximum absolute atomic E-state index is 12.4. The van der Waals surface area contributed by atoms with Crippen LogP contribution in [0, 0.1) is 0 Å². The van der Waals surface area contributed by atoms with Crippen LogP contribution in [0.4, 0.5) is 0 Å². The number of morpholine rings is 2. The van der Waals surface area contributed by atoms with Crippen LogP contribution in [-0.4, -0.2) is 81.8 Å². The molecular weight excluding hydrogens is 294 g/mol. The van der Waals surface area contributed by atoms with Crippen LogP contribution in [0.15, 0.2) is 0 Å². The standard InChI is InChI=1S/C13H27N3O4S/c1-11(8-15-4-6-19-7-5-15)14-21(17,18)16-9-12(2)20-13(3)10-16/h11-14H,4-10H2,1-3H3/t11-,12+,13+/m1/s1. The Kier molecular flexibility index (Phi) is 5.98. The van der Waals surface area contributed by atoms with E-state index in [0.29, 0.717) is 19.6 Å². The highest BCUT2D eigenvalue weighted by atomic mass is 32.2. The molecule has 2 fully saturated rings. The largest absolute Gasteiger partial charge is 0.379 e. The fourth-order valence-corrected chi connectivity index (χ4v) is 4.41. The second-order valence-corrected chi connectivity index (χ2v) is 7.71. The second-order valence-electron chi connectivity index (χ2n) is 6.01. The Balaban J connectivity index is 1.87. The zero-order chi connectivity index (χ0) is 15.5. The van der Waals surface area contributed by atoms with Gasteiger partial charge in [-0.15, -0.1) is 0 Å². The molecule has 0 aromatic rings. The second kappa shape index (κ2) is 7.34. The van der Waals surface area contributed by atoms with Gasteiger partial charge >= 0.3 is 0 Å². The first-order valence-corrected chi connectivity index (χ1v) is 9.04. The number of ether oxygens (including phenoxy) is 2. The van der Waals surface area contributed by atoms with Crippen LogP contribution in [0.25, 0.3) is 0 Å². The van der Waals surface area contributed by atoms with Crippen LogP contribution in [0.5, 0.6) is 0 Å². The number of rotatable bonds is 5. The van der Waals surface area contributed by atoms with E-state index < -0.39 is 10.2 Å². The van der Waals surface area contributed by atoms with E-state index in [1.165, 1.54) is 4.31 Å². The van der Waals surface area contributed by atoms with E-state index in [1.807, 2.05) is 20.8 Å². The first kappa shape index (κ1) is 17.1. The van der Waals surface area contributed by atoms with Crippen molar-refractivity contribution in [3.63, 3.8) is 0 Å². The smallest absolute Gasteiger partial charge is 0.279 e. The summed E-state index contributed by atoms with van der Waals surface area (Å²) in [6.07, 6.45) is -0.139. The first-order valence-electron chi connectivity index (χ1n) is 7.60. The van der Waals surface area contributed by atoms with E-state index >= 15 is 0 Å². The molecular formula is C13H27N3O4S. The van der Waals surface area contributed by atoms with Crippen molar-refractivity contribution >= 4 is 10.2 Å². The minimum Gasteiger partial charge on any atom is -0.379 e. The summed E-state index contributed by atoms with van der Waals surface area (Å²) in [6, 6.07) is -0.124. The molecule has 8 heteroatoms. The molecule has 0 aromatic carbocycles. The van der Waals surface area contributed by atoms with Crippen molar-refractivity contribution in [2.45, 2.75) is 39.0 Å². The van der Waals surface area contributed by atoms with Crippen molar-refractivity contribution in [3.8, 4) is 0 Å². The highest BCUT2D eigenvalue weighted by Gasteiger charge is 2.32. The van der Waals surface area contributed by atoms with Gasteiger partial charge in [-0.2, -0.15) is 17.4 Å². The van der Waals surface area contributed by atoms with Crippen molar-refractivity contribution in [3.05, 3.63) is 0 Å². The monoisotopic (exact) mass is 321 g/mol. The normalized spacial score (nSPS) is 31.2. The Morgan fingerprint density at radius 2 is 1.76 bits per heavy atom. The van der Waals surface area contributed by atoms with Gasteiger partial charge in [-0.05, 0) is 20.8 Å². The topological polar surface area (TPSA) is 71.1 Å². The molecule has 0 amide bonds. The minimum absolute atomic E-state index is 0.0696. The van der Waals surface area contributed by atoms with Crippen molar-refractivity contribution in [1.82, 2.24) is 13.9 Å². The molecule has 2 heterocycles. The molecule has 7 nitrogen and oxygen atoms in total. The fourth-order valence-electron chi connectivity index (χ4n) is 2.86. The molecule has 0 unspecified atom stereocenters. The predicted molar refractivity (Wildman–Crippen MR) is 80.4 cm³/mol. The molecule has 0 spiro atoms. The Morgan fingerprint density at radius 1 is 1.19 bits per heavy atom. The Bertz CT molecular complexity index is 415. The molecule has 3 atom stereocenters. The molecule has 2 aliphatic rings. The first-order chi connectivity index (χ1) is 9.87. The summed E-state index contributed by atoms with van der Waals surface area (Å²) in [6.45, 7) is 10.4. The molecule has 2 rings (SSSR count). The van der Waals surface area contributed by atoms with E-state index in [-0.39, 0.29) is 18.2 Å². The van der Waals surface area contributed by atoms with Gasteiger partial charge in [-0.3, -0.25) is 4.90 Å². The Hall–Kier alpha value is -0.250. The van der Waals surface area contributed by atoms with Crippen molar-refractivity contribution in [1.29, 1.82) is 0 Å². The van der Waals surface area contributed by atoms with Gasteiger partial charge in [-0.25, -0.2) is 0 Å². The van der Waals surface area contributed by atoms with Gasteiger partial charge in [0.25, 0.3) is 10.2 Å².